The fourth-order valence-corrected chi connectivity index (χ4v) is 2.37. The molecule has 1 aliphatic heterocycles. The van der Waals surface area contributed by atoms with Gasteiger partial charge in [0.1, 0.15) is 11.6 Å². The monoisotopic (exact) mass is 268 g/mol. The van der Waals surface area contributed by atoms with E-state index in [2.05, 4.69) is 0 Å². The van der Waals surface area contributed by atoms with Gasteiger partial charge >= 0.3 is 0 Å². The second-order valence-electron chi connectivity index (χ2n) is 4.98. The van der Waals surface area contributed by atoms with Crippen molar-refractivity contribution < 1.29 is 13.6 Å². The van der Waals surface area contributed by atoms with Crippen molar-refractivity contribution in [3.63, 3.8) is 0 Å². The van der Waals surface area contributed by atoms with E-state index in [4.69, 9.17) is 5.73 Å². The average Bonchev–Trinajstić information content (AvgIpc) is 2.39. The predicted molar refractivity (Wildman–Crippen MR) is 68.5 cm³/mol. The van der Waals surface area contributed by atoms with Crippen LogP contribution < -0.4 is 5.73 Å². The minimum Gasteiger partial charge on any atom is -0.341 e. The zero-order chi connectivity index (χ0) is 13.8. The molecule has 5 heteroatoms. The van der Waals surface area contributed by atoms with Crippen LogP contribution in [-0.4, -0.2) is 29.9 Å². The highest BCUT2D eigenvalue weighted by Crippen LogP contribution is 2.14. The van der Waals surface area contributed by atoms with E-state index in [1.54, 1.807) is 4.90 Å². The number of nitrogens with two attached hydrogens (primary N) is 1. The van der Waals surface area contributed by atoms with E-state index in [9.17, 15) is 13.6 Å². The molecule has 1 saturated heterocycles. The lowest BCUT2D eigenvalue weighted by Crippen LogP contribution is -2.45. The maximum atomic E-state index is 13.4. The van der Waals surface area contributed by atoms with Crippen LogP contribution in [0.4, 0.5) is 8.78 Å². The number of hydrogen-bond donors (Lipinski definition) is 1. The van der Waals surface area contributed by atoms with Crippen LogP contribution in [0.15, 0.2) is 18.2 Å². The number of nitrogens with zero attached hydrogens (tertiary/aromatic N) is 1. The molecule has 2 N–H and O–H groups in total. The molecule has 19 heavy (non-hydrogen) atoms. The molecule has 1 aromatic carbocycles. The lowest BCUT2D eigenvalue weighted by atomic mass is 10.0. The third kappa shape index (κ3) is 3.73. The van der Waals surface area contributed by atoms with Crippen molar-refractivity contribution in [1.29, 1.82) is 0 Å². The number of carbonyl (C=O) groups excluding carboxylic acids is 1. The first kappa shape index (κ1) is 13.9. The molecule has 1 aromatic rings. The van der Waals surface area contributed by atoms with Crippen LogP contribution >= 0.6 is 0 Å². The molecule has 104 valence electrons. The van der Waals surface area contributed by atoms with Gasteiger partial charge < -0.3 is 10.6 Å². The first-order valence-electron chi connectivity index (χ1n) is 6.53. The standard InChI is InChI=1S/C14H18F2N2O/c15-11-4-5-13(16)10(8-11)3-6-14(19)18-7-1-2-12(17)9-18/h4-5,8,12H,1-3,6-7,9,17H2. The molecule has 1 atom stereocenters. The van der Waals surface area contributed by atoms with Gasteiger partial charge in [-0.25, -0.2) is 8.78 Å². The summed E-state index contributed by atoms with van der Waals surface area (Å²) in [6.45, 7) is 1.27. The average molecular weight is 268 g/mol. The molecular formula is C14H18F2N2O. The lowest BCUT2D eigenvalue weighted by molar-refractivity contribution is -0.132. The maximum Gasteiger partial charge on any atom is 0.222 e. The van der Waals surface area contributed by atoms with E-state index in [0.29, 0.717) is 13.1 Å². The summed E-state index contributed by atoms with van der Waals surface area (Å²) in [5, 5.41) is 0. The minimum atomic E-state index is -0.483. The third-order valence-electron chi connectivity index (χ3n) is 3.43. The summed E-state index contributed by atoms with van der Waals surface area (Å²) in [5.41, 5.74) is 6.06. The van der Waals surface area contributed by atoms with Crippen LogP contribution in [0.5, 0.6) is 0 Å². The number of benzene rings is 1. The SMILES string of the molecule is NC1CCCN(C(=O)CCc2cc(F)ccc2F)C1. The Labute approximate surface area is 111 Å². The molecule has 1 aliphatic rings. The van der Waals surface area contributed by atoms with Gasteiger partial charge in [0.25, 0.3) is 0 Å². The molecular weight excluding hydrogens is 250 g/mol. The summed E-state index contributed by atoms with van der Waals surface area (Å²) in [6.07, 6.45) is 2.24. The second-order valence-corrected chi connectivity index (χ2v) is 4.98. The Kier molecular flexibility index (Phi) is 4.47. The number of likely N-dealkylation sites (tertiary alicyclic amines) is 1. The predicted octanol–water partition coefficient (Wildman–Crippen LogP) is 1.85. The van der Waals surface area contributed by atoms with Crippen LogP contribution in [0.3, 0.4) is 0 Å². The summed E-state index contributed by atoms with van der Waals surface area (Å²) in [4.78, 5) is 13.7. The summed E-state index contributed by atoms with van der Waals surface area (Å²) < 4.78 is 26.4. The Morgan fingerprint density at radius 2 is 2.21 bits per heavy atom. The lowest BCUT2D eigenvalue weighted by Gasteiger charge is -2.30. The molecule has 1 unspecified atom stereocenters. The van der Waals surface area contributed by atoms with Crippen LogP contribution in [0, 0.1) is 11.6 Å². The van der Waals surface area contributed by atoms with Crippen LogP contribution in [0.1, 0.15) is 24.8 Å². The van der Waals surface area contributed by atoms with Gasteiger partial charge in [-0.2, -0.15) is 0 Å². The summed E-state index contributed by atoms with van der Waals surface area (Å²) in [5.74, 6) is -0.993. The zero-order valence-electron chi connectivity index (χ0n) is 10.7. The molecule has 0 radical (unpaired) electrons. The smallest absolute Gasteiger partial charge is 0.222 e. The zero-order valence-corrected chi connectivity index (χ0v) is 10.7. The van der Waals surface area contributed by atoms with Gasteiger partial charge in [0.05, 0.1) is 0 Å². The molecule has 1 amide bonds. The third-order valence-corrected chi connectivity index (χ3v) is 3.43. The number of rotatable bonds is 3. The molecule has 0 saturated carbocycles. The second kappa shape index (κ2) is 6.10. The van der Waals surface area contributed by atoms with Crippen molar-refractivity contribution >= 4 is 5.91 Å². The van der Waals surface area contributed by atoms with E-state index < -0.39 is 11.6 Å². The van der Waals surface area contributed by atoms with Crippen molar-refractivity contribution in [2.45, 2.75) is 31.7 Å². The Balaban J connectivity index is 1.91. The van der Waals surface area contributed by atoms with E-state index in [1.165, 1.54) is 0 Å². The molecule has 0 aliphatic carbocycles. The van der Waals surface area contributed by atoms with Gasteiger partial charge in [0, 0.05) is 25.6 Å². The molecule has 2 rings (SSSR count). The Morgan fingerprint density at radius 3 is 2.95 bits per heavy atom. The molecule has 0 bridgehead atoms. The van der Waals surface area contributed by atoms with Gasteiger partial charge in [-0.3, -0.25) is 4.79 Å². The van der Waals surface area contributed by atoms with E-state index >= 15 is 0 Å². The highest BCUT2D eigenvalue weighted by Gasteiger charge is 2.21. The summed E-state index contributed by atoms with van der Waals surface area (Å²) >= 11 is 0. The number of halogens is 2. The first-order chi connectivity index (χ1) is 9.06. The highest BCUT2D eigenvalue weighted by atomic mass is 19.1. The molecule has 1 fully saturated rings. The Hall–Kier alpha value is -1.49. The topological polar surface area (TPSA) is 46.3 Å². The largest absolute Gasteiger partial charge is 0.341 e. The number of hydrogen-bond acceptors (Lipinski definition) is 2. The van der Waals surface area contributed by atoms with Crippen molar-refractivity contribution in [2.75, 3.05) is 13.1 Å². The van der Waals surface area contributed by atoms with Crippen molar-refractivity contribution in [3.05, 3.63) is 35.4 Å². The molecule has 3 nitrogen and oxygen atoms in total. The van der Waals surface area contributed by atoms with Gasteiger partial charge in [0.15, 0.2) is 0 Å². The van der Waals surface area contributed by atoms with E-state index in [0.717, 1.165) is 31.0 Å². The van der Waals surface area contributed by atoms with Gasteiger partial charge in [0.2, 0.25) is 5.91 Å². The molecule has 0 spiro atoms. The van der Waals surface area contributed by atoms with E-state index in [-0.39, 0.29) is 30.4 Å². The first-order valence-corrected chi connectivity index (χ1v) is 6.53. The minimum absolute atomic E-state index is 0.0311. The van der Waals surface area contributed by atoms with Crippen molar-refractivity contribution in [3.8, 4) is 0 Å². The molecule has 0 aromatic heterocycles. The van der Waals surface area contributed by atoms with Gasteiger partial charge in [-0.05, 0) is 43.0 Å². The fraction of sp³-hybridized carbons (Fsp3) is 0.500. The fourth-order valence-electron chi connectivity index (χ4n) is 2.37. The van der Waals surface area contributed by atoms with E-state index in [1.807, 2.05) is 0 Å². The Bertz CT molecular complexity index is 465. The molecule has 1 heterocycles. The van der Waals surface area contributed by atoms with Crippen molar-refractivity contribution in [2.24, 2.45) is 5.73 Å². The number of carbonyl (C=O) groups is 1. The summed E-state index contributed by atoms with van der Waals surface area (Å²) in [7, 11) is 0. The quantitative estimate of drug-likeness (QED) is 0.909. The van der Waals surface area contributed by atoms with Gasteiger partial charge in [-0.15, -0.1) is 0 Å². The van der Waals surface area contributed by atoms with Crippen LogP contribution in [0.25, 0.3) is 0 Å². The number of piperidine rings is 1. The normalized spacial score (nSPS) is 19.5. The maximum absolute atomic E-state index is 13.4. The van der Waals surface area contributed by atoms with Crippen LogP contribution in [0.2, 0.25) is 0 Å². The van der Waals surface area contributed by atoms with Crippen molar-refractivity contribution in [1.82, 2.24) is 4.90 Å². The summed E-state index contributed by atoms with van der Waals surface area (Å²) in [6, 6.07) is 3.34. The van der Waals surface area contributed by atoms with Crippen LogP contribution in [-0.2, 0) is 11.2 Å². The highest BCUT2D eigenvalue weighted by molar-refractivity contribution is 5.76. The Morgan fingerprint density at radius 1 is 1.42 bits per heavy atom. The number of aryl methyl sites for hydroxylation is 1. The van der Waals surface area contributed by atoms with Gasteiger partial charge in [-0.1, -0.05) is 0 Å². The number of amides is 1.